The lowest BCUT2D eigenvalue weighted by Crippen LogP contribution is -2.20. The maximum absolute atomic E-state index is 12.5. The van der Waals surface area contributed by atoms with Crippen molar-refractivity contribution in [1.29, 1.82) is 0 Å². The third kappa shape index (κ3) is 5.51. The first kappa shape index (κ1) is 28.7. The molecule has 40 heavy (non-hydrogen) atoms. The Balaban J connectivity index is 0.000000185. The summed E-state index contributed by atoms with van der Waals surface area (Å²) in [4.78, 5) is 46.9. The molecule has 12 nitrogen and oxygen atoms in total. The van der Waals surface area contributed by atoms with Crippen LogP contribution < -0.4 is 0 Å². The number of hydrogen-bond donors (Lipinski definition) is 0. The van der Waals surface area contributed by atoms with Crippen LogP contribution in [-0.4, -0.2) is 79.5 Å². The number of rotatable bonds is 5. The number of carbonyl (C=O) groups is 3. The molecule has 3 aromatic heterocycles. The predicted octanol–water partition coefficient (Wildman–Crippen LogP) is 2.63. The molecule has 5 rings (SSSR count). The normalized spacial score (nSPS) is 14.5. The molecule has 0 aromatic carbocycles. The van der Waals surface area contributed by atoms with Crippen molar-refractivity contribution in [2.45, 2.75) is 46.5 Å². The highest BCUT2D eigenvalue weighted by Gasteiger charge is 2.32. The van der Waals surface area contributed by atoms with Crippen molar-refractivity contribution >= 4 is 17.7 Å². The van der Waals surface area contributed by atoms with Crippen molar-refractivity contribution < 1.29 is 23.9 Å². The number of aromatic nitrogens is 6. The second kappa shape index (κ2) is 11.8. The molecule has 0 N–H and O–H groups in total. The molecule has 212 valence electrons. The van der Waals surface area contributed by atoms with E-state index in [1.807, 2.05) is 45.4 Å². The lowest BCUT2D eigenvalue weighted by molar-refractivity contribution is 0.0508. The number of Topliss-reactive ketones (excluding diaryl/α,β-unsaturated/α-hetero) is 1. The molecule has 12 heteroatoms. The van der Waals surface area contributed by atoms with Crippen LogP contribution in [-0.2, 0) is 42.8 Å². The molecule has 0 amide bonds. The molecule has 0 saturated carbocycles. The summed E-state index contributed by atoms with van der Waals surface area (Å²) >= 11 is 0. The minimum atomic E-state index is -0.461. The Bertz CT molecular complexity index is 1500. The fourth-order valence-electron chi connectivity index (χ4n) is 5.02. The highest BCUT2D eigenvalue weighted by molar-refractivity contribution is 6.11. The monoisotopic (exact) mass is 549 g/mol. The lowest BCUT2D eigenvalue weighted by atomic mass is 9.90. The molecule has 0 bridgehead atoms. The SMILES string of the molecule is CCOC(=O)c1nn(C)c2c1CC/C(=C/N(C)C)C2=O.CCOC(=O)c1nn(C)c2c1CCc1cnc(C)nc1-2. The van der Waals surface area contributed by atoms with Crippen LogP contribution in [0.5, 0.6) is 0 Å². The first-order valence-electron chi connectivity index (χ1n) is 13.3. The summed E-state index contributed by atoms with van der Waals surface area (Å²) in [6.45, 7) is 6.04. The van der Waals surface area contributed by atoms with Crippen molar-refractivity contribution in [3.05, 3.63) is 57.6 Å². The number of fused-ring (bicyclic) bond motifs is 4. The van der Waals surface area contributed by atoms with Gasteiger partial charge in [-0.15, -0.1) is 0 Å². The van der Waals surface area contributed by atoms with Gasteiger partial charge in [0.1, 0.15) is 11.5 Å². The predicted molar refractivity (Wildman–Crippen MR) is 146 cm³/mol. The molecule has 0 radical (unpaired) electrons. The largest absolute Gasteiger partial charge is 0.461 e. The van der Waals surface area contributed by atoms with Gasteiger partial charge in [0.05, 0.1) is 24.6 Å². The number of carbonyl (C=O) groups excluding carboxylic acids is 3. The number of aryl methyl sites for hydroxylation is 4. The molecule has 0 aliphatic heterocycles. The van der Waals surface area contributed by atoms with Gasteiger partial charge in [-0.05, 0) is 52.0 Å². The van der Waals surface area contributed by atoms with Crippen LogP contribution in [0.15, 0.2) is 18.0 Å². The smallest absolute Gasteiger partial charge is 0.359 e. The second-order valence-electron chi connectivity index (χ2n) is 9.78. The highest BCUT2D eigenvalue weighted by Crippen LogP contribution is 2.33. The summed E-state index contributed by atoms with van der Waals surface area (Å²) in [7, 11) is 7.26. The molecule has 0 fully saturated rings. The molecule has 2 aliphatic rings. The summed E-state index contributed by atoms with van der Waals surface area (Å²) in [5.74, 6) is -0.170. The zero-order chi connectivity index (χ0) is 29.1. The van der Waals surface area contributed by atoms with Crippen LogP contribution >= 0.6 is 0 Å². The van der Waals surface area contributed by atoms with E-state index in [0.29, 0.717) is 43.0 Å². The Morgan fingerprint density at radius 1 is 0.925 bits per heavy atom. The maximum atomic E-state index is 12.5. The van der Waals surface area contributed by atoms with Gasteiger partial charge in [0, 0.05) is 57.3 Å². The van der Waals surface area contributed by atoms with E-state index in [-0.39, 0.29) is 17.4 Å². The minimum absolute atomic E-state index is 0.0644. The van der Waals surface area contributed by atoms with Crippen molar-refractivity contribution in [3.8, 4) is 11.4 Å². The van der Waals surface area contributed by atoms with E-state index in [4.69, 9.17) is 9.47 Å². The Morgan fingerprint density at radius 2 is 1.48 bits per heavy atom. The van der Waals surface area contributed by atoms with Crippen molar-refractivity contribution in [1.82, 2.24) is 34.4 Å². The molecule has 0 saturated heterocycles. The molecule has 3 heterocycles. The number of hydrogen-bond acceptors (Lipinski definition) is 10. The fourth-order valence-corrected chi connectivity index (χ4v) is 5.02. The Morgan fingerprint density at radius 3 is 2.05 bits per heavy atom. The molecule has 3 aromatic rings. The van der Waals surface area contributed by atoms with Gasteiger partial charge in [0.15, 0.2) is 11.4 Å². The van der Waals surface area contributed by atoms with Crippen LogP contribution in [0, 0.1) is 6.92 Å². The van der Waals surface area contributed by atoms with Gasteiger partial charge >= 0.3 is 11.9 Å². The van der Waals surface area contributed by atoms with E-state index in [0.717, 1.165) is 46.8 Å². The number of nitrogens with zero attached hydrogens (tertiary/aromatic N) is 7. The summed E-state index contributed by atoms with van der Waals surface area (Å²) in [6.07, 6.45) is 6.50. The van der Waals surface area contributed by atoms with E-state index in [9.17, 15) is 14.4 Å². The third-order valence-electron chi connectivity index (χ3n) is 6.65. The van der Waals surface area contributed by atoms with Crippen molar-refractivity contribution in [3.63, 3.8) is 0 Å². The maximum Gasteiger partial charge on any atom is 0.359 e. The van der Waals surface area contributed by atoms with Crippen LogP contribution in [0.4, 0.5) is 0 Å². The summed E-state index contributed by atoms with van der Waals surface area (Å²) in [6, 6.07) is 0. The molecular formula is C28H35N7O5. The van der Waals surface area contributed by atoms with Gasteiger partial charge in [-0.25, -0.2) is 19.6 Å². The van der Waals surface area contributed by atoms with E-state index in [1.54, 1.807) is 25.6 Å². The Hall–Kier alpha value is -4.35. The minimum Gasteiger partial charge on any atom is -0.461 e. The highest BCUT2D eigenvalue weighted by atomic mass is 16.5. The van der Waals surface area contributed by atoms with E-state index < -0.39 is 5.97 Å². The zero-order valence-corrected chi connectivity index (χ0v) is 24.1. The first-order valence-corrected chi connectivity index (χ1v) is 13.3. The third-order valence-corrected chi connectivity index (χ3v) is 6.65. The topological polar surface area (TPSA) is 134 Å². The van der Waals surface area contributed by atoms with Crippen molar-refractivity contribution in [2.24, 2.45) is 14.1 Å². The Kier molecular flexibility index (Phi) is 8.46. The van der Waals surface area contributed by atoms with Gasteiger partial charge in [-0.1, -0.05) is 0 Å². The Labute approximate surface area is 233 Å². The van der Waals surface area contributed by atoms with E-state index in [2.05, 4.69) is 20.2 Å². The molecule has 0 unspecified atom stereocenters. The average Bonchev–Trinajstić information content (AvgIpc) is 3.43. The van der Waals surface area contributed by atoms with Gasteiger partial charge < -0.3 is 14.4 Å². The van der Waals surface area contributed by atoms with Gasteiger partial charge in [0.2, 0.25) is 5.78 Å². The molecular weight excluding hydrogens is 514 g/mol. The van der Waals surface area contributed by atoms with Crippen LogP contribution in [0.25, 0.3) is 11.4 Å². The number of allylic oxidation sites excluding steroid dienone is 1. The summed E-state index contributed by atoms with van der Waals surface area (Å²) in [5, 5.41) is 8.48. The number of esters is 2. The first-order chi connectivity index (χ1) is 19.1. The molecule has 0 atom stereocenters. The number of ether oxygens (including phenoxy) is 2. The summed E-state index contributed by atoms with van der Waals surface area (Å²) < 4.78 is 13.2. The van der Waals surface area contributed by atoms with Crippen LogP contribution in [0.2, 0.25) is 0 Å². The lowest BCUT2D eigenvalue weighted by Gasteiger charge is -2.17. The quantitative estimate of drug-likeness (QED) is 0.345. The number of ketones is 1. The van der Waals surface area contributed by atoms with E-state index in [1.165, 1.54) is 4.68 Å². The molecule has 0 spiro atoms. The standard InChI is InChI=1S/C14H16N4O2.C14H19N3O3/c1-4-20-14(19)12-10-6-5-9-7-15-8(2)16-11(9)13(10)18(3)17-12;1-5-20-14(19)11-10-7-6-9(8-16(2)3)13(18)12(10)17(4)15-11/h7H,4-6H2,1-3H3;8H,5-7H2,1-4H3/b;9-8-. The van der Waals surface area contributed by atoms with Crippen LogP contribution in [0.3, 0.4) is 0 Å². The molecule has 2 aliphatic carbocycles. The van der Waals surface area contributed by atoms with Gasteiger partial charge in [-0.3, -0.25) is 14.2 Å². The average molecular weight is 550 g/mol. The van der Waals surface area contributed by atoms with Crippen molar-refractivity contribution in [2.75, 3.05) is 27.3 Å². The van der Waals surface area contributed by atoms with E-state index >= 15 is 0 Å². The van der Waals surface area contributed by atoms with Gasteiger partial charge in [-0.2, -0.15) is 10.2 Å². The van der Waals surface area contributed by atoms with Gasteiger partial charge in [0.25, 0.3) is 0 Å². The zero-order valence-electron chi connectivity index (χ0n) is 24.1. The summed E-state index contributed by atoms with van der Waals surface area (Å²) in [5.41, 5.74) is 6.41. The second-order valence-corrected chi connectivity index (χ2v) is 9.78. The fraction of sp³-hybridized carbons (Fsp3) is 0.464. The van der Waals surface area contributed by atoms with Crippen LogP contribution in [0.1, 0.15) is 74.2 Å².